The number of thiophene rings is 1. The van der Waals surface area contributed by atoms with E-state index in [1.54, 1.807) is 14.0 Å². The van der Waals surface area contributed by atoms with Crippen molar-refractivity contribution in [3.63, 3.8) is 0 Å². The molecule has 0 saturated carbocycles. The molecular weight excluding hydrogens is 286 g/mol. The van der Waals surface area contributed by atoms with Crippen molar-refractivity contribution in [2.24, 2.45) is 0 Å². The number of aryl methyl sites for hydroxylation is 1. The molecule has 3 rings (SSSR count). The molecule has 0 unspecified atom stereocenters. The molecule has 1 heterocycles. The highest BCUT2D eigenvalue weighted by molar-refractivity contribution is 7.18. The van der Waals surface area contributed by atoms with Crippen LogP contribution < -0.4 is 10.5 Å². The Hall–Kier alpha value is -2.01. The van der Waals surface area contributed by atoms with E-state index < -0.39 is 0 Å². The van der Waals surface area contributed by atoms with Gasteiger partial charge in [-0.25, -0.2) is 4.79 Å². The van der Waals surface area contributed by atoms with Gasteiger partial charge in [-0.3, -0.25) is 0 Å². The summed E-state index contributed by atoms with van der Waals surface area (Å²) in [7, 11) is 1.66. The lowest BCUT2D eigenvalue weighted by molar-refractivity contribution is 0.0533. The van der Waals surface area contributed by atoms with E-state index in [1.807, 2.05) is 12.1 Å². The molecule has 5 heteroatoms. The quantitative estimate of drug-likeness (QED) is 0.884. The zero-order valence-corrected chi connectivity index (χ0v) is 12.9. The molecule has 0 aliphatic heterocycles. The largest absolute Gasteiger partial charge is 0.497 e. The van der Waals surface area contributed by atoms with Gasteiger partial charge in [-0.15, -0.1) is 11.3 Å². The minimum atomic E-state index is -0.329. The number of hydrogen-bond donors (Lipinski definition) is 1. The Balaban J connectivity index is 2.09. The molecule has 1 aliphatic rings. The number of carbonyl (C=O) groups is 1. The van der Waals surface area contributed by atoms with Gasteiger partial charge in [0, 0.05) is 4.88 Å². The van der Waals surface area contributed by atoms with E-state index in [2.05, 4.69) is 6.07 Å². The average molecular weight is 303 g/mol. The second kappa shape index (κ2) is 5.41. The molecule has 0 radical (unpaired) electrons. The summed E-state index contributed by atoms with van der Waals surface area (Å²) in [5.41, 5.74) is 10.2. The number of esters is 1. The van der Waals surface area contributed by atoms with Gasteiger partial charge in [0.05, 0.1) is 19.4 Å². The normalized spacial score (nSPS) is 12.5. The maximum Gasteiger partial charge on any atom is 0.350 e. The first-order valence-corrected chi connectivity index (χ1v) is 7.72. The van der Waals surface area contributed by atoms with Crippen LogP contribution in [-0.4, -0.2) is 19.7 Å². The molecule has 1 aromatic carbocycles. The Kier molecular flexibility index (Phi) is 3.59. The van der Waals surface area contributed by atoms with Crippen LogP contribution in [0.4, 0.5) is 5.69 Å². The molecule has 0 saturated heterocycles. The third-order valence-corrected chi connectivity index (χ3v) is 4.97. The summed E-state index contributed by atoms with van der Waals surface area (Å²) in [6.45, 7) is 2.15. The number of carbonyl (C=O) groups excluding carboxylic acids is 1. The molecule has 2 aromatic rings. The van der Waals surface area contributed by atoms with Crippen LogP contribution in [0.1, 0.15) is 27.7 Å². The highest BCUT2D eigenvalue weighted by atomic mass is 32.1. The molecule has 2 N–H and O–H groups in total. The van der Waals surface area contributed by atoms with Gasteiger partial charge in [-0.1, -0.05) is 0 Å². The van der Waals surface area contributed by atoms with E-state index in [0.717, 1.165) is 34.6 Å². The number of fused-ring (bicyclic) bond motifs is 3. The topological polar surface area (TPSA) is 61.5 Å². The summed E-state index contributed by atoms with van der Waals surface area (Å²) in [5.74, 6) is 0.525. The molecule has 1 aromatic heterocycles. The van der Waals surface area contributed by atoms with Crippen LogP contribution in [0.5, 0.6) is 5.75 Å². The van der Waals surface area contributed by atoms with E-state index in [-0.39, 0.29) is 5.97 Å². The van der Waals surface area contributed by atoms with Gasteiger partial charge >= 0.3 is 5.97 Å². The lowest BCUT2D eigenvalue weighted by Gasteiger charge is -2.17. The van der Waals surface area contributed by atoms with Crippen LogP contribution in [0.25, 0.3) is 10.4 Å². The number of methoxy groups -OCH3 is 1. The van der Waals surface area contributed by atoms with Gasteiger partial charge < -0.3 is 15.2 Å². The van der Waals surface area contributed by atoms with Crippen molar-refractivity contribution in [3.8, 4) is 16.2 Å². The number of benzene rings is 1. The molecule has 21 heavy (non-hydrogen) atoms. The monoisotopic (exact) mass is 303 g/mol. The van der Waals surface area contributed by atoms with Crippen LogP contribution in [-0.2, 0) is 17.6 Å². The van der Waals surface area contributed by atoms with Crippen molar-refractivity contribution in [2.45, 2.75) is 19.8 Å². The average Bonchev–Trinajstić information content (AvgIpc) is 2.84. The fraction of sp³-hybridized carbons (Fsp3) is 0.312. The van der Waals surface area contributed by atoms with E-state index in [9.17, 15) is 4.79 Å². The Labute approximate surface area is 127 Å². The smallest absolute Gasteiger partial charge is 0.350 e. The lowest BCUT2D eigenvalue weighted by Crippen LogP contribution is -2.07. The molecule has 0 amide bonds. The molecule has 0 fully saturated rings. The molecule has 0 spiro atoms. The van der Waals surface area contributed by atoms with Crippen LogP contribution in [0.15, 0.2) is 18.2 Å². The zero-order chi connectivity index (χ0) is 15.0. The van der Waals surface area contributed by atoms with Gasteiger partial charge in [-0.05, 0) is 54.7 Å². The summed E-state index contributed by atoms with van der Waals surface area (Å²) in [4.78, 5) is 13.6. The SMILES string of the molecule is CCOC(=O)c1sc2c(c1N)CCc1cc(OC)ccc1-2. The molecule has 1 aliphatic carbocycles. The number of nitrogens with two attached hydrogens (primary N) is 1. The van der Waals surface area contributed by atoms with E-state index in [1.165, 1.54) is 16.9 Å². The van der Waals surface area contributed by atoms with Gasteiger partial charge in [0.25, 0.3) is 0 Å². The van der Waals surface area contributed by atoms with Gasteiger partial charge in [0.15, 0.2) is 0 Å². The molecule has 110 valence electrons. The predicted molar refractivity (Wildman–Crippen MR) is 84.1 cm³/mol. The number of rotatable bonds is 3. The van der Waals surface area contributed by atoms with Gasteiger partial charge in [-0.2, -0.15) is 0 Å². The summed E-state index contributed by atoms with van der Waals surface area (Å²) in [6.07, 6.45) is 1.75. The van der Waals surface area contributed by atoms with E-state index in [4.69, 9.17) is 15.2 Å². The highest BCUT2D eigenvalue weighted by Gasteiger charge is 2.26. The standard InChI is InChI=1S/C16H17NO3S/c1-3-20-16(18)15-13(17)12-6-4-9-8-10(19-2)5-7-11(9)14(12)21-15/h5,7-8H,3-4,6,17H2,1-2H3. The van der Waals surface area contributed by atoms with Crippen molar-refractivity contribution in [1.82, 2.24) is 0 Å². The maximum absolute atomic E-state index is 12.0. The fourth-order valence-corrected chi connectivity index (χ4v) is 3.90. The Bertz CT molecular complexity index is 706. The van der Waals surface area contributed by atoms with Crippen molar-refractivity contribution in [1.29, 1.82) is 0 Å². The lowest BCUT2D eigenvalue weighted by atomic mass is 9.90. The molecule has 4 nitrogen and oxygen atoms in total. The maximum atomic E-state index is 12.0. The third-order valence-electron chi connectivity index (χ3n) is 3.71. The summed E-state index contributed by atoms with van der Waals surface area (Å²) >= 11 is 1.43. The molecule has 0 atom stereocenters. The number of nitrogen functional groups attached to an aromatic ring is 1. The second-order valence-electron chi connectivity index (χ2n) is 4.90. The first kappa shape index (κ1) is 13.9. The van der Waals surface area contributed by atoms with Crippen LogP contribution in [0.3, 0.4) is 0 Å². The van der Waals surface area contributed by atoms with Crippen molar-refractivity contribution in [2.75, 3.05) is 19.5 Å². The Morgan fingerprint density at radius 3 is 2.90 bits per heavy atom. The van der Waals surface area contributed by atoms with Gasteiger partial charge in [0.1, 0.15) is 10.6 Å². The van der Waals surface area contributed by atoms with Crippen molar-refractivity contribution in [3.05, 3.63) is 34.2 Å². The van der Waals surface area contributed by atoms with E-state index >= 15 is 0 Å². The van der Waals surface area contributed by atoms with Crippen LogP contribution in [0.2, 0.25) is 0 Å². The van der Waals surface area contributed by atoms with Crippen LogP contribution in [0, 0.1) is 0 Å². The number of anilines is 1. The summed E-state index contributed by atoms with van der Waals surface area (Å²) < 4.78 is 10.4. The highest BCUT2D eigenvalue weighted by Crippen LogP contribution is 2.44. The molecule has 0 bridgehead atoms. The Morgan fingerprint density at radius 2 is 2.19 bits per heavy atom. The van der Waals surface area contributed by atoms with Crippen molar-refractivity contribution < 1.29 is 14.3 Å². The Morgan fingerprint density at radius 1 is 1.38 bits per heavy atom. The summed E-state index contributed by atoms with van der Waals surface area (Å²) in [6, 6.07) is 6.03. The predicted octanol–water partition coefficient (Wildman–Crippen LogP) is 3.28. The second-order valence-corrected chi connectivity index (χ2v) is 5.92. The summed E-state index contributed by atoms with van der Waals surface area (Å²) in [5, 5.41) is 0. The number of hydrogen-bond acceptors (Lipinski definition) is 5. The minimum absolute atomic E-state index is 0.329. The number of ether oxygens (including phenoxy) is 2. The van der Waals surface area contributed by atoms with E-state index in [0.29, 0.717) is 17.2 Å². The fourth-order valence-electron chi connectivity index (χ4n) is 2.68. The first-order chi connectivity index (χ1) is 10.2. The first-order valence-electron chi connectivity index (χ1n) is 6.91. The van der Waals surface area contributed by atoms with Gasteiger partial charge in [0.2, 0.25) is 0 Å². The molecular formula is C16H17NO3S. The minimum Gasteiger partial charge on any atom is -0.497 e. The van der Waals surface area contributed by atoms with Crippen LogP contribution >= 0.6 is 11.3 Å². The third kappa shape index (κ3) is 2.27. The van der Waals surface area contributed by atoms with Crippen molar-refractivity contribution >= 4 is 23.0 Å². The zero-order valence-electron chi connectivity index (χ0n) is 12.1.